The third-order valence-electron chi connectivity index (χ3n) is 4.02. The summed E-state index contributed by atoms with van der Waals surface area (Å²) >= 11 is 0. The summed E-state index contributed by atoms with van der Waals surface area (Å²) in [5.41, 5.74) is 1.26. The molecule has 1 amide bonds. The molecule has 0 bridgehead atoms. The molecule has 2 aromatic rings. The lowest BCUT2D eigenvalue weighted by atomic mass is 10.1. The standard InChI is InChI=1S/C19H22N2O4/c1-4-20(5-2)19(22)18(15-9-7-6-8-10-15)25-16-11-12-17(21(23)24)14(3)13-16/h6-13,18H,4-5H2,1-3H3. The molecule has 0 N–H and O–H groups in total. The monoisotopic (exact) mass is 342 g/mol. The largest absolute Gasteiger partial charge is 0.476 e. The minimum absolute atomic E-state index is 0.0266. The first kappa shape index (κ1) is 18.4. The molecule has 0 radical (unpaired) electrons. The lowest BCUT2D eigenvalue weighted by Gasteiger charge is -2.26. The van der Waals surface area contributed by atoms with Crippen molar-refractivity contribution in [2.75, 3.05) is 13.1 Å². The number of ether oxygens (including phenoxy) is 1. The molecule has 2 aromatic carbocycles. The van der Waals surface area contributed by atoms with Crippen LogP contribution in [0, 0.1) is 17.0 Å². The zero-order chi connectivity index (χ0) is 18.4. The van der Waals surface area contributed by atoms with Gasteiger partial charge in [0.1, 0.15) is 5.75 Å². The number of carbonyl (C=O) groups is 1. The molecule has 0 saturated heterocycles. The molecule has 1 atom stereocenters. The fourth-order valence-electron chi connectivity index (χ4n) is 2.63. The fraction of sp³-hybridized carbons (Fsp3) is 0.316. The van der Waals surface area contributed by atoms with Gasteiger partial charge in [-0.2, -0.15) is 0 Å². The van der Waals surface area contributed by atoms with Gasteiger partial charge in [0.25, 0.3) is 11.6 Å². The van der Waals surface area contributed by atoms with Crippen LogP contribution < -0.4 is 4.74 Å². The van der Waals surface area contributed by atoms with Crippen molar-refractivity contribution in [2.24, 2.45) is 0 Å². The van der Waals surface area contributed by atoms with Gasteiger partial charge in [-0.25, -0.2) is 0 Å². The van der Waals surface area contributed by atoms with Crippen molar-refractivity contribution in [3.63, 3.8) is 0 Å². The van der Waals surface area contributed by atoms with Gasteiger partial charge in [-0.1, -0.05) is 30.3 Å². The Morgan fingerprint density at radius 1 is 1.16 bits per heavy atom. The van der Waals surface area contributed by atoms with Crippen molar-refractivity contribution < 1.29 is 14.5 Å². The first-order valence-electron chi connectivity index (χ1n) is 8.23. The number of amides is 1. The molecule has 0 heterocycles. The Kier molecular flexibility index (Phi) is 6.11. The maximum atomic E-state index is 12.9. The number of rotatable bonds is 7. The molecule has 0 aliphatic carbocycles. The van der Waals surface area contributed by atoms with Crippen molar-refractivity contribution in [2.45, 2.75) is 26.9 Å². The lowest BCUT2D eigenvalue weighted by molar-refractivity contribution is -0.385. The summed E-state index contributed by atoms with van der Waals surface area (Å²) in [5.74, 6) is 0.296. The molecule has 132 valence electrons. The summed E-state index contributed by atoms with van der Waals surface area (Å²) in [6, 6.07) is 13.8. The molecule has 25 heavy (non-hydrogen) atoms. The van der Waals surface area contributed by atoms with Crippen LogP contribution in [0.15, 0.2) is 48.5 Å². The van der Waals surface area contributed by atoms with Gasteiger partial charge in [-0.15, -0.1) is 0 Å². The Morgan fingerprint density at radius 2 is 1.80 bits per heavy atom. The number of nitrogens with zero attached hydrogens (tertiary/aromatic N) is 2. The van der Waals surface area contributed by atoms with Crippen LogP contribution in [0.4, 0.5) is 5.69 Å². The number of benzene rings is 2. The average molecular weight is 342 g/mol. The summed E-state index contributed by atoms with van der Waals surface area (Å²) in [6.45, 7) is 6.65. The van der Waals surface area contributed by atoms with E-state index in [1.54, 1.807) is 17.9 Å². The van der Waals surface area contributed by atoms with Crippen molar-refractivity contribution >= 4 is 11.6 Å². The molecule has 0 aliphatic heterocycles. The van der Waals surface area contributed by atoms with Crippen LogP contribution in [0.1, 0.15) is 31.1 Å². The highest BCUT2D eigenvalue weighted by Gasteiger charge is 2.26. The normalized spacial score (nSPS) is 11.6. The van der Waals surface area contributed by atoms with Crippen molar-refractivity contribution in [3.05, 3.63) is 69.8 Å². The number of hydrogen-bond acceptors (Lipinski definition) is 4. The molecule has 2 rings (SSSR count). The van der Waals surface area contributed by atoms with E-state index in [0.717, 1.165) is 5.56 Å². The Labute approximate surface area is 147 Å². The van der Waals surface area contributed by atoms with Crippen LogP contribution in [0.2, 0.25) is 0 Å². The molecular weight excluding hydrogens is 320 g/mol. The number of likely N-dealkylation sites (N-methyl/N-ethyl adjacent to an activating group) is 1. The minimum atomic E-state index is -0.790. The molecule has 0 aromatic heterocycles. The van der Waals surface area contributed by atoms with E-state index in [1.807, 2.05) is 44.2 Å². The summed E-state index contributed by atoms with van der Waals surface area (Å²) in [5, 5.41) is 11.0. The molecular formula is C19H22N2O4. The molecule has 6 heteroatoms. The Morgan fingerprint density at radius 3 is 2.32 bits per heavy atom. The highest BCUT2D eigenvalue weighted by molar-refractivity contribution is 5.82. The first-order valence-corrected chi connectivity index (χ1v) is 8.23. The maximum absolute atomic E-state index is 12.9. The third-order valence-corrected chi connectivity index (χ3v) is 4.02. The minimum Gasteiger partial charge on any atom is -0.476 e. The molecule has 1 unspecified atom stereocenters. The quantitative estimate of drug-likeness (QED) is 0.565. The van der Waals surface area contributed by atoms with Crippen molar-refractivity contribution in [1.29, 1.82) is 0 Å². The van der Waals surface area contributed by atoms with E-state index >= 15 is 0 Å². The zero-order valence-corrected chi connectivity index (χ0v) is 14.6. The number of nitro groups is 1. The van der Waals surface area contributed by atoms with Gasteiger partial charge in [-0.3, -0.25) is 14.9 Å². The Hall–Kier alpha value is -2.89. The van der Waals surface area contributed by atoms with E-state index in [4.69, 9.17) is 4.74 Å². The van der Waals surface area contributed by atoms with E-state index in [-0.39, 0.29) is 11.6 Å². The SMILES string of the molecule is CCN(CC)C(=O)C(Oc1ccc([N+](=O)[O-])c(C)c1)c1ccccc1. The van der Waals surface area contributed by atoms with Gasteiger partial charge < -0.3 is 9.64 Å². The van der Waals surface area contributed by atoms with E-state index in [2.05, 4.69) is 0 Å². The van der Waals surface area contributed by atoms with Crippen LogP contribution >= 0.6 is 0 Å². The average Bonchev–Trinajstić information content (AvgIpc) is 2.61. The van der Waals surface area contributed by atoms with E-state index in [9.17, 15) is 14.9 Å². The second kappa shape index (κ2) is 8.28. The smallest absolute Gasteiger partial charge is 0.272 e. The summed E-state index contributed by atoms with van der Waals surface area (Å²) in [7, 11) is 0. The van der Waals surface area contributed by atoms with E-state index < -0.39 is 11.0 Å². The molecule has 6 nitrogen and oxygen atoms in total. The summed E-state index contributed by atoms with van der Waals surface area (Å²) in [4.78, 5) is 25.1. The van der Waals surface area contributed by atoms with E-state index in [0.29, 0.717) is 24.4 Å². The van der Waals surface area contributed by atoms with Crippen LogP contribution in [0.25, 0.3) is 0 Å². The molecule has 0 spiro atoms. The van der Waals surface area contributed by atoms with Gasteiger partial charge in [0, 0.05) is 30.3 Å². The van der Waals surface area contributed by atoms with Crippen LogP contribution in [-0.2, 0) is 4.79 Å². The second-order valence-corrected chi connectivity index (χ2v) is 5.62. The molecule has 0 fully saturated rings. The predicted molar refractivity (Wildman–Crippen MR) is 95.6 cm³/mol. The van der Waals surface area contributed by atoms with Crippen LogP contribution in [0.3, 0.4) is 0 Å². The first-order chi connectivity index (χ1) is 12.0. The lowest BCUT2D eigenvalue weighted by Crippen LogP contribution is -2.37. The number of aryl methyl sites for hydroxylation is 1. The number of carbonyl (C=O) groups excluding carboxylic acids is 1. The highest BCUT2D eigenvalue weighted by Crippen LogP contribution is 2.28. The van der Waals surface area contributed by atoms with E-state index in [1.165, 1.54) is 12.1 Å². The van der Waals surface area contributed by atoms with Gasteiger partial charge in [-0.05, 0) is 32.9 Å². The maximum Gasteiger partial charge on any atom is 0.272 e. The zero-order valence-electron chi connectivity index (χ0n) is 14.6. The summed E-state index contributed by atoms with van der Waals surface area (Å²) < 4.78 is 5.95. The Balaban J connectivity index is 2.35. The number of hydrogen-bond donors (Lipinski definition) is 0. The summed E-state index contributed by atoms with van der Waals surface area (Å²) in [6.07, 6.45) is -0.790. The van der Waals surface area contributed by atoms with Crippen molar-refractivity contribution in [1.82, 2.24) is 4.90 Å². The second-order valence-electron chi connectivity index (χ2n) is 5.62. The number of nitro benzene ring substituents is 1. The predicted octanol–water partition coefficient (Wildman–Crippen LogP) is 3.89. The topological polar surface area (TPSA) is 72.7 Å². The molecule has 0 aliphatic rings. The third kappa shape index (κ3) is 4.35. The van der Waals surface area contributed by atoms with Crippen LogP contribution in [-0.4, -0.2) is 28.8 Å². The molecule has 0 saturated carbocycles. The highest BCUT2D eigenvalue weighted by atomic mass is 16.6. The van der Waals surface area contributed by atoms with Crippen LogP contribution in [0.5, 0.6) is 5.75 Å². The Bertz CT molecular complexity index is 742. The fourth-order valence-corrected chi connectivity index (χ4v) is 2.63. The van der Waals surface area contributed by atoms with Gasteiger partial charge in [0.15, 0.2) is 0 Å². The van der Waals surface area contributed by atoms with Gasteiger partial charge in [0.2, 0.25) is 6.10 Å². The van der Waals surface area contributed by atoms with Crippen molar-refractivity contribution in [3.8, 4) is 5.75 Å². The van der Waals surface area contributed by atoms with Gasteiger partial charge in [0.05, 0.1) is 4.92 Å². The van der Waals surface area contributed by atoms with Gasteiger partial charge >= 0.3 is 0 Å².